The number of nitrogens with zero attached hydrogens (tertiary/aromatic N) is 2. The van der Waals surface area contributed by atoms with Gasteiger partial charge in [-0.1, -0.05) is 62.4 Å². The van der Waals surface area contributed by atoms with E-state index in [2.05, 4.69) is 0 Å². The summed E-state index contributed by atoms with van der Waals surface area (Å²) in [6.07, 6.45) is 8.17. The van der Waals surface area contributed by atoms with E-state index in [9.17, 15) is 9.59 Å². The van der Waals surface area contributed by atoms with Crippen LogP contribution >= 0.6 is 0 Å². The predicted molar refractivity (Wildman–Crippen MR) is 94.5 cm³/mol. The van der Waals surface area contributed by atoms with Gasteiger partial charge in [0.25, 0.3) is 0 Å². The molecule has 1 saturated carbocycles. The molecule has 1 aromatic carbocycles. The molecule has 0 aromatic heterocycles. The summed E-state index contributed by atoms with van der Waals surface area (Å²) in [4.78, 5) is 28.7. The quantitative estimate of drug-likeness (QED) is 0.834. The van der Waals surface area contributed by atoms with Crippen LogP contribution in [0.5, 0.6) is 0 Å². The summed E-state index contributed by atoms with van der Waals surface area (Å²) < 4.78 is 0. The Morgan fingerprint density at radius 1 is 1.04 bits per heavy atom. The van der Waals surface area contributed by atoms with Crippen LogP contribution in [0.15, 0.2) is 30.3 Å². The van der Waals surface area contributed by atoms with Crippen LogP contribution in [-0.2, 0) is 16.0 Å². The highest BCUT2D eigenvalue weighted by Crippen LogP contribution is 2.27. The summed E-state index contributed by atoms with van der Waals surface area (Å²) in [5.41, 5.74) is 1.11. The van der Waals surface area contributed by atoms with Crippen LogP contribution in [0.4, 0.5) is 0 Å². The molecule has 1 aliphatic carbocycles. The molecule has 0 unspecified atom stereocenters. The van der Waals surface area contributed by atoms with Crippen molar-refractivity contribution < 1.29 is 9.59 Å². The van der Waals surface area contributed by atoms with Crippen molar-refractivity contribution in [1.29, 1.82) is 0 Å². The van der Waals surface area contributed by atoms with Crippen molar-refractivity contribution in [3.63, 3.8) is 0 Å². The standard InChI is InChI=1S/C20H28N2O2/c1-21-15-19(23)22(13-12-16-8-4-2-5-9-16)18(20(21)24)14-17-10-6-3-7-11-17/h3,6-7,10-11,16,18H,2,4-5,8-9,12-15H2,1H3/t18-/m0/s1. The van der Waals surface area contributed by atoms with Gasteiger partial charge >= 0.3 is 0 Å². The van der Waals surface area contributed by atoms with E-state index >= 15 is 0 Å². The molecule has 2 amide bonds. The second-order valence-corrected chi connectivity index (χ2v) is 7.28. The van der Waals surface area contributed by atoms with E-state index in [0.29, 0.717) is 6.42 Å². The largest absolute Gasteiger partial charge is 0.335 e. The summed E-state index contributed by atoms with van der Waals surface area (Å²) in [6, 6.07) is 9.67. The Morgan fingerprint density at radius 3 is 2.46 bits per heavy atom. The number of rotatable bonds is 5. The Balaban J connectivity index is 1.69. The molecule has 4 nitrogen and oxygen atoms in total. The smallest absolute Gasteiger partial charge is 0.245 e. The Bertz CT molecular complexity index is 566. The van der Waals surface area contributed by atoms with Crippen LogP contribution in [0.1, 0.15) is 44.1 Å². The third-order valence-electron chi connectivity index (χ3n) is 5.51. The highest BCUT2D eigenvalue weighted by molar-refractivity contribution is 5.94. The second kappa shape index (κ2) is 7.82. The minimum absolute atomic E-state index is 0.0714. The average Bonchev–Trinajstić information content (AvgIpc) is 2.61. The first-order valence-corrected chi connectivity index (χ1v) is 9.23. The molecule has 3 rings (SSSR count). The molecule has 0 N–H and O–H groups in total. The number of benzene rings is 1. The van der Waals surface area contributed by atoms with Crippen molar-refractivity contribution in [2.45, 2.75) is 51.0 Å². The molecule has 1 saturated heterocycles. The van der Waals surface area contributed by atoms with Gasteiger partial charge in [0.05, 0.1) is 6.54 Å². The molecular formula is C20H28N2O2. The van der Waals surface area contributed by atoms with Crippen LogP contribution in [0.2, 0.25) is 0 Å². The second-order valence-electron chi connectivity index (χ2n) is 7.28. The van der Waals surface area contributed by atoms with Gasteiger partial charge in [-0.2, -0.15) is 0 Å². The maximum absolute atomic E-state index is 12.7. The predicted octanol–water partition coefficient (Wildman–Crippen LogP) is 2.87. The maximum atomic E-state index is 12.7. The number of likely N-dealkylation sites (N-methyl/N-ethyl adjacent to an activating group) is 1. The number of piperazine rings is 1. The SMILES string of the molecule is CN1CC(=O)N(CCC2CCCCC2)[C@@H](Cc2ccccc2)C1=O. The minimum atomic E-state index is -0.345. The zero-order valence-electron chi connectivity index (χ0n) is 14.6. The average molecular weight is 328 g/mol. The van der Waals surface area contributed by atoms with Crippen molar-refractivity contribution in [2.75, 3.05) is 20.1 Å². The van der Waals surface area contributed by atoms with Crippen LogP contribution < -0.4 is 0 Å². The van der Waals surface area contributed by atoms with Crippen molar-refractivity contribution in [3.8, 4) is 0 Å². The van der Waals surface area contributed by atoms with E-state index in [1.165, 1.54) is 32.1 Å². The molecule has 1 heterocycles. The lowest BCUT2D eigenvalue weighted by Gasteiger charge is -2.39. The molecule has 0 bridgehead atoms. The lowest BCUT2D eigenvalue weighted by molar-refractivity contribution is -0.154. The van der Waals surface area contributed by atoms with Crippen LogP contribution in [-0.4, -0.2) is 47.8 Å². The number of hydrogen-bond donors (Lipinski definition) is 0. The lowest BCUT2D eigenvalue weighted by atomic mass is 9.86. The number of carbonyl (C=O) groups excluding carboxylic acids is 2. The summed E-state index contributed by atoms with van der Waals surface area (Å²) in [5.74, 6) is 0.884. The van der Waals surface area contributed by atoms with E-state index in [-0.39, 0.29) is 24.4 Å². The molecule has 130 valence electrons. The van der Waals surface area contributed by atoms with Gasteiger partial charge < -0.3 is 9.80 Å². The first-order chi connectivity index (χ1) is 11.6. The summed E-state index contributed by atoms with van der Waals surface area (Å²) in [5, 5.41) is 0. The monoisotopic (exact) mass is 328 g/mol. The number of carbonyl (C=O) groups is 2. The fourth-order valence-electron chi connectivity index (χ4n) is 4.05. The Kier molecular flexibility index (Phi) is 5.54. The third-order valence-corrected chi connectivity index (χ3v) is 5.51. The van der Waals surface area contributed by atoms with E-state index in [1.54, 1.807) is 11.9 Å². The molecule has 1 atom stereocenters. The topological polar surface area (TPSA) is 40.6 Å². The van der Waals surface area contributed by atoms with Crippen molar-refractivity contribution in [2.24, 2.45) is 5.92 Å². The molecule has 2 aliphatic rings. The highest BCUT2D eigenvalue weighted by Gasteiger charge is 2.37. The van der Waals surface area contributed by atoms with Crippen LogP contribution in [0.25, 0.3) is 0 Å². The fraction of sp³-hybridized carbons (Fsp3) is 0.600. The fourth-order valence-corrected chi connectivity index (χ4v) is 4.05. The maximum Gasteiger partial charge on any atom is 0.245 e. The molecule has 1 aliphatic heterocycles. The van der Waals surface area contributed by atoms with Crippen molar-refractivity contribution >= 4 is 11.8 Å². The van der Waals surface area contributed by atoms with E-state index in [1.807, 2.05) is 35.2 Å². The first-order valence-electron chi connectivity index (χ1n) is 9.23. The molecular weight excluding hydrogens is 300 g/mol. The van der Waals surface area contributed by atoms with Gasteiger partial charge in [0.1, 0.15) is 6.04 Å². The van der Waals surface area contributed by atoms with Gasteiger partial charge in [0, 0.05) is 20.0 Å². The lowest BCUT2D eigenvalue weighted by Crippen LogP contribution is -2.59. The van der Waals surface area contributed by atoms with Gasteiger partial charge in [-0.25, -0.2) is 0 Å². The van der Waals surface area contributed by atoms with Gasteiger partial charge in [0.2, 0.25) is 11.8 Å². The zero-order chi connectivity index (χ0) is 16.9. The summed E-state index contributed by atoms with van der Waals surface area (Å²) >= 11 is 0. The normalized spacial score (nSPS) is 23.0. The van der Waals surface area contributed by atoms with E-state index in [0.717, 1.165) is 24.4 Å². The first kappa shape index (κ1) is 17.0. The van der Waals surface area contributed by atoms with Gasteiger partial charge in [0.15, 0.2) is 0 Å². The molecule has 1 aromatic rings. The summed E-state index contributed by atoms with van der Waals surface area (Å²) in [7, 11) is 1.73. The Hall–Kier alpha value is -1.84. The highest BCUT2D eigenvalue weighted by atomic mass is 16.2. The van der Waals surface area contributed by atoms with Gasteiger partial charge in [-0.3, -0.25) is 9.59 Å². The van der Waals surface area contributed by atoms with E-state index in [4.69, 9.17) is 0 Å². The van der Waals surface area contributed by atoms with Gasteiger partial charge in [-0.15, -0.1) is 0 Å². The molecule has 24 heavy (non-hydrogen) atoms. The minimum Gasteiger partial charge on any atom is -0.335 e. The number of hydrogen-bond acceptors (Lipinski definition) is 2. The summed E-state index contributed by atoms with van der Waals surface area (Å²) in [6.45, 7) is 0.940. The third kappa shape index (κ3) is 3.97. The molecule has 0 spiro atoms. The van der Waals surface area contributed by atoms with Crippen molar-refractivity contribution in [1.82, 2.24) is 9.80 Å². The van der Waals surface area contributed by atoms with Crippen LogP contribution in [0, 0.1) is 5.92 Å². The van der Waals surface area contributed by atoms with Crippen molar-refractivity contribution in [3.05, 3.63) is 35.9 Å². The Labute approximate surface area is 144 Å². The zero-order valence-corrected chi connectivity index (χ0v) is 14.6. The van der Waals surface area contributed by atoms with Crippen LogP contribution in [0.3, 0.4) is 0 Å². The molecule has 0 radical (unpaired) electrons. The molecule has 4 heteroatoms. The van der Waals surface area contributed by atoms with E-state index < -0.39 is 0 Å². The number of amides is 2. The Morgan fingerprint density at radius 2 is 1.75 bits per heavy atom. The molecule has 2 fully saturated rings. The van der Waals surface area contributed by atoms with Gasteiger partial charge in [-0.05, 0) is 17.9 Å².